The lowest BCUT2D eigenvalue weighted by Crippen LogP contribution is -2.20. The van der Waals surface area contributed by atoms with E-state index in [9.17, 15) is 14.4 Å². The number of esters is 1. The van der Waals surface area contributed by atoms with Crippen molar-refractivity contribution in [2.45, 2.75) is 27.2 Å². The standard InChI is InChI=1S/C19H23N3O4/c1-5-26-19(25)16-11(2)17(21-12(16)3)18(24)22-14-8-6-13(7-9-14)10-15(23)20-4/h6-9,21H,5,10H2,1-4H3,(H,20,23)(H,22,24). The topological polar surface area (TPSA) is 100 Å². The summed E-state index contributed by atoms with van der Waals surface area (Å²) in [6.45, 7) is 5.43. The molecular weight excluding hydrogens is 334 g/mol. The summed E-state index contributed by atoms with van der Waals surface area (Å²) in [5.74, 6) is -0.873. The van der Waals surface area contributed by atoms with Gasteiger partial charge in [0.15, 0.2) is 0 Å². The summed E-state index contributed by atoms with van der Waals surface area (Å²) in [5, 5.41) is 5.35. The molecule has 0 atom stereocenters. The monoisotopic (exact) mass is 357 g/mol. The van der Waals surface area contributed by atoms with Gasteiger partial charge in [-0.05, 0) is 44.0 Å². The number of aromatic amines is 1. The van der Waals surface area contributed by atoms with Crippen molar-refractivity contribution < 1.29 is 19.1 Å². The molecule has 0 saturated carbocycles. The quantitative estimate of drug-likeness (QED) is 0.691. The Morgan fingerprint density at radius 1 is 1.12 bits per heavy atom. The minimum absolute atomic E-state index is 0.0780. The molecule has 7 heteroatoms. The Morgan fingerprint density at radius 2 is 1.77 bits per heavy atom. The molecular formula is C19H23N3O4. The Morgan fingerprint density at radius 3 is 2.35 bits per heavy atom. The SMILES string of the molecule is CCOC(=O)c1c(C)[nH]c(C(=O)Nc2ccc(CC(=O)NC)cc2)c1C. The molecule has 7 nitrogen and oxygen atoms in total. The molecule has 0 radical (unpaired) electrons. The van der Waals surface area contributed by atoms with E-state index in [1.54, 1.807) is 52.1 Å². The number of likely N-dealkylation sites (N-methyl/N-ethyl adjacent to an activating group) is 1. The second-order valence-corrected chi connectivity index (χ2v) is 5.85. The number of carbonyl (C=O) groups is 3. The van der Waals surface area contributed by atoms with Gasteiger partial charge in [-0.1, -0.05) is 12.1 Å². The van der Waals surface area contributed by atoms with Crippen molar-refractivity contribution in [1.82, 2.24) is 10.3 Å². The Kier molecular flexibility index (Phi) is 6.16. The zero-order chi connectivity index (χ0) is 19.3. The van der Waals surface area contributed by atoms with Crippen molar-refractivity contribution in [2.24, 2.45) is 0 Å². The van der Waals surface area contributed by atoms with Crippen molar-refractivity contribution in [3.05, 3.63) is 52.3 Å². The average Bonchev–Trinajstić information content (AvgIpc) is 2.91. The number of aryl methyl sites for hydroxylation is 1. The first-order valence-corrected chi connectivity index (χ1v) is 8.34. The van der Waals surface area contributed by atoms with Crippen LogP contribution in [0.5, 0.6) is 0 Å². The molecule has 3 N–H and O–H groups in total. The number of carbonyl (C=O) groups excluding carboxylic acids is 3. The molecule has 0 aliphatic heterocycles. The van der Waals surface area contributed by atoms with E-state index in [2.05, 4.69) is 15.6 Å². The normalized spacial score (nSPS) is 10.3. The molecule has 0 unspecified atom stereocenters. The fraction of sp³-hybridized carbons (Fsp3) is 0.316. The van der Waals surface area contributed by atoms with Crippen LogP contribution in [0.15, 0.2) is 24.3 Å². The summed E-state index contributed by atoms with van der Waals surface area (Å²) < 4.78 is 5.03. The van der Waals surface area contributed by atoms with Crippen LogP contribution in [0.25, 0.3) is 0 Å². The number of nitrogens with one attached hydrogen (secondary N) is 3. The summed E-state index contributed by atoms with van der Waals surface area (Å²) in [6.07, 6.45) is 0.280. The minimum atomic E-state index is -0.448. The molecule has 1 aromatic heterocycles. The van der Waals surface area contributed by atoms with E-state index in [-0.39, 0.29) is 24.8 Å². The lowest BCUT2D eigenvalue weighted by atomic mass is 10.1. The molecule has 1 aromatic carbocycles. The van der Waals surface area contributed by atoms with Crippen molar-refractivity contribution in [3.63, 3.8) is 0 Å². The smallest absolute Gasteiger partial charge is 0.340 e. The van der Waals surface area contributed by atoms with Gasteiger partial charge in [0, 0.05) is 18.4 Å². The lowest BCUT2D eigenvalue weighted by molar-refractivity contribution is -0.119. The van der Waals surface area contributed by atoms with Crippen LogP contribution < -0.4 is 10.6 Å². The number of anilines is 1. The predicted molar refractivity (Wildman–Crippen MR) is 98.4 cm³/mol. The van der Waals surface area contributed by atoms with E-state index < -0.39 is 5.97 Å². The highest BCUT2D eigenvalue weighted by atomic mass is 16.5. The molecule has 0 fully saturated rings. The summed E-state index contributed by atoms with van der Waals surface area (Å²) in [5.41, 5.74) is 3.29. The molecule has 0 aliphatic carbocycles. The van der Waals surface area contributed by atoms with Gasteiger partial charge in [-0.2, -0.15) is 0 Å². The zero-order valence-corrected chi connectivity index (χ0v) is 15.4. The number of amides is 2. The highest BCUT2D eigenvalue weighted by Crippen LogP contribution is 2.20. The number of hydrogen-bond acceptors (Lipinski definition) is 4. The number of benzene rings is 1. The number of ether oxygens (including phenoxy) is 1. The third-order valence-corrected chi connectivity index (χ3v) is 4.00. The van der Waals surface area contributed by atoms with E-state index in [4.69, 9.17) is 4.74 Å². The van der Waals surface area contributed by atoms with Gasteiger partial charge in [-0.25, -0.2) is 4.79 Å². The Balaban J connectivity index is 2.14. The fourth-order valence-electron chi connectivity index (χ4n) is 2.66. The van der Waals surface area contributed by atoms with E-state index in [0.29, 0.717) is 28.2 Å². The van der Waals surface area contributed by atoms with Crippen LogP contribution in [-0.2, 0) is 16.0 Å². The van der Waals surface area contributed by atoms with Crippen LogP contribution in [0.3, 0.4) is 0 Å². The second-order valence-electron chi connectivity index (χ2n) is 5.85. The van der Waals surface area contributed by atoms with Crippen molar-refractivity contribution in [2.75, 3.05) is 19.0 Å². The minimum Gasteiger partial charge on any atom is -0.462 e. The maximum Gasteiger partial charge on any atom is 0.340 e. The van der Waals surface area contributed by atoms with Crippen molar-refractivity contribution in [3.8, 4) is 0 Å². The van der Waals surface area contributed by atoms with Crippen LogP contribution in [0.1, 0.15) is 44.6 Å². The third kappa shape index (κ3) is 4.30. The molecule has 0 bridgehead atoms. The van der Waals surface area contributed by atoms with Gasteiger partial charge in [0.1, 0.15) is 5.69 Å². The fourth-order valence-corrected chi connectivity index (χ4v) is 2.66. The molecule has 0 aliphatic rings. The maximum absolute atomic E-state index is 12.5. The van der Waals surface area contributed by atoms with Crippen molar-refractivity contribution in [1.29, 1.82) is 0 Å². The first-order valence-electron chi connectivity index (χ1n) is 8.34. The maximum atomic E-state index is 12.5. The molecule has 2 rings (SSSR count). The highest BCUT2D eigenvalue weighted by Gasteiger charge is 2.22. The van der Waals surface area contributed by atoms with Crippen LogP contribution in [0, 0.1) is 13.8 Å². The first kappa shape index (κ1) is 19.2. The zero-order valence-electron chi connectivity index (χ0n) is 15.4. The summed E-state index contributed by atoms with van der Waals surface area (Å²) in [4.78, 5) is 38.9. The molecule has 0 spiro atoms. The molecule has 2 amide bonds. The van der Waals surface area contributed by atoms with Crippen LogP contribution >= 0.6 is 0 Å². The number of hydrogen-bond donors (Lipinski definition) is 3. The van der Waals surface area contributed by atoms with Gasteiger partial charge in [0.2, 0.25) is 5.91 Å². The van der Waals surface area contributed by atoms with Gasteiger partial charge in [0.25, 0.3) is 5.91 Å². The van der Waals surface area contributed by atoms with E-state index in [0.717, 1.165) is 5.56 Å². The number of H-pyrrole nitrogens is 1. The predicted octanol–water partition coefficient (Wildman–Crippen LogP) is 2.35. The second kappa shape index (κ2) is 8.33. The molecule has 0 saturated heterocycles. The van der Waals surface area contributed by atoms with Crippen LogP contribution in [0.2, 0.25) is 0 Å². The van der Waals surface area contributed by atoms with Gasteiger partial charge >= 0.3 is 5.97 Å². The average molecular weight is 357 g/mol. The Labute approximate surface area is 152 Å². The van der Waals surface area contributed by atoms with Gasteiger partial charge in [-0.15, -0.1) is 0 Å². The third-order valence-electron chi connectivity index (χ3n) is 4.00. The molecule has 1 heterocycles. The molecule has 138 valence electrons. The van der Waals surface area contributed by atoms with E-state index >= 15 is 0 Å². The van der Waals surface area contributed by atoms with E-state index in [1.807, 2.05) is 0 Å². The number of rotatable bonds is 6. The summed E-state index contributed by atoms with van der Waals surface area (Å²) in [6, 6.07) is 7.02. The van der Waals surface area contributed by atoms with Crippen LogP contribution in [-0.4, -0.2) is 36.4 Å². The molecule has 2 aromatic rings. The van der Waals surface area contributed by atoms with Gasteiger partial charge in [-0.3, -0.25) is 9.59 Å². The molecule has 26 heavy (non-hydrogen) atoms. The summed E-state index contributed by atoms with van der Waals surface area (Å²) >= 11 is 0. The summed E-state index contributed by atoms with van der Waals surface area (Å²) in [7, 11) is 1.59. The van der Waals surface area contributed by atoms with Gasteiger partial charge < -0.3 is 20.4 Å². The Hall–Kier alpha value is -3.09. The largest absolute Gasteiger partial charge is 0.462 e. The van der Waals surface area contributed by atoms with Crippen LogP contribution in [0.4, 0.5) is 5.69 Å². The first-order chi connectivity index (χ1) is 12.4. The van der Waals surface area contributed by atoms with E-state index in [1.165, 1.54) is 0 Å². The lowest BCUT2D eigenvalue weighted by Gasteiger charge is -2.07. The highest BCUT2D eigenvalue weighted by molar-refractivity contribution is 6.06. The van der Waals surface area contributed by atoms with Crippen molar-refractivity contribution >= 4 is 23.5 Å². The van der Waals surface area contributed by atoms with Gasteiger partial charge in [0.05, 0.1) is 18.6 Å². The Bertz CT molecular complexity index is 822. The number of aromatic nitrogens is 1.